The second-order valence-corrected chi connectivity index (χ2v) is 3.43. The van der Waals surface area contributed by atoms with Gasteiger partial charge in [-0.2, -0.15) is 21.0 Å². The molecule has 1 fully saturated rings. The van der Waals surface area contributed by atoms with Gasteiger partial charge in [0.05, 0.1) is 12.2 Å². The molecule has 76 valence electrons. The number of fused-ring (bicyclic) bond motifs is 1. The monoisotopic (exact) mass is 212 g/mol. The Morgan fingerprint density at radius 1 is 0.938 bits per heavy atom. The van der Waals surface area contributed by atoms with Crippen molar-refractivity contribution in [2.45, 2.75) is 17.3 Å². The van der Waals surface area contributed by atoms with Crippen LogP contribution in [0, 0.1) is 51.2 Å². The van der Waals surface area contributed by atoms with Gasteiger partial charge in [-0.05, 0) is 6.08 Å². The number of hydrogen-bond donors (Lipinski definition) is 0. The first kappa shape index (κ1) is 9.99. The Morgan fingerprint density at radius 2 is 1.50 bits per heavy atom. The molecule has 0 aromatic heterocycles. The van der Waals surface area contributed by atoms with E-state index in [1.54, 1.807) is 24.3 Å². The zero-order valence-electron chi connectivity index (χ0n) is 7.91. The molecular weight excluding hydrogens is 208 g/mol. The first-order valence-corrected chi connectivity index (χ1v) is 4.35. The van der Waals surface area contributed by atoms with Crippen LogP contribution in [-0.4, -0.2) is 17.3 Å². The van der Waals surface area contributed by atoms with E-state index in [1.165, 1.54) is 12.3 Å². The van der Waals surface area contributed by atoms with Crippen LogP contribution in [-0.2, 0) is 9.47 Å². The highest BCUT2D eigenvalue weighted by Crippen LogP contribution is 2.46. The highest BCUT2D eigenvalue weighted by atomic mass is 16.6. The molecule has 0 amide bonds. The fourth-order valence-corrected chi connectivity index (χ4v) is 1.90. The molecule has 1 saturated heterocycles. The van der Waals surface area contributed by atoms with Gasteiger partial charge in [0.1, 0.15) is 24.3 Å². The minimum Gasteiger partial charge on any atom is -0.492 e. The molecule has 0 aromatic rings. The number of ether oxygens (including phenoxy) is 2. The first-order chi connectivity index (χ1) is 7.68. The lowest BCUT2D eigenvalue weighted by Crippen LogP contribution is -2.38. The molecule has 6 nitrogen and oxygen atoms in total. The smallest absolute Gasteiger partial charge is 0.281 e. The molecule has 0 aliphatic carbocycles. The normalized spacial score (nSPS) is 31.2. The van der Waals surface area contributed by atoms with E-state index in [0.717, 1.165) is 0 Å². The van der Waals surface area contributed by atoms with Gasteiger partial charge >= 0.3 is 0 Å². The molecule has 6 heteroatoms. The number of hydrogen-bond acceptors (Lipinski definition) is 6. The molecule has 0 N–H and O–H groups in total. The molecule has 0 aromatic carbocycles. The molecular formula is C10H4N4O2. The van der Waals surface area contributed by atoms with Crippen molar-refractivity contribution >= 4 is 0 Å². The fraction of sp³-hybridized carbons (Fsp3) is 0.400. The van der Waals surface area contributed by atoms with Crippen molar-refractivity contribution in [2.75, 3.05) is 0 Å². The summed E-state index contributed by atoms with van der Waals surface area (Å²) in [6.45, 7) is 0. The standard InChI is InChI=1S/C10H4N4O2/c11-3-9(4-12)7-1-2-15-8(7)10(5-13,6-14)16-9/h1-2,7-8H/t7-,8-/m1/s1. The molecule has 2 aliphatic rings. The summed E-state index contributed by atoms with van der Waals surface area (Å²) in [4.78, 5) is 0. The molecule has 0 spiro atoms. The number of rotatable bonds is 0. The van der Waals surface area contributed by atoms with E-state index < -0.39 is 23.2 Å². The van der Waals surface area contributed by atoms with Gasteiger partial charge in [-0.3, -0.25) is 0 Å². The fourth-order valence-electron chi connectivity index (χ4n) is 1.90. The zero-order chi connectivity index (χ0) is 11.8. The average Bonchev–Trinajstić information content (AvgIpc) is 2.90. The van der Waals surface area contributed by atoms with Crippen molar-refractivity contribution in [1.29, 1.82) is 21.0 Å². The zero-order valence-corrected chi connectivity index (χ0v) is 7.91. The number of nitriles is 4. The van der Waals surface area contributed by atoms with Crippen molar-refractivity contribution in [2.24, 2.45) is 5.92 Å². The highest BCUT2D eigenvalue weighted by molar-refractivity contribution is 5.40. The molecule has 2 atom stereocenters. The van der Waals surface area contributed by atoms with Gasteiger partial charge in [0.25, 0.3) is 11.2 Å². The van der Waals surface area contributed by atoms with Crippen LogP contribution >= 0.6 is 0 Å². The molecule has 0 unspecified atom stereocenters. The summed E-state index contributed by atoms with van der Waals surface area (Å²) < 4.78 is 10.2. The van der Waals surface area contributed by atoms with Gasteiger partial charge in [-0.1, -0.05) is 0 Å². The summed E-state index contributed by atoms with van der Waals surface area (Å²) >= 11 is 0. The van der Waals surface area contributed by atoms with Gasteiger partial charge in [-0.15, -0.1) is 0 Å². The Balaban J connectivity index is 2.57. The SMILES string of the molecule is N#CC1(C#N)OC(C#N)(C#N)[C@@H]2OC=C[C@H]21. The lowest BCUT2D eigenvalue weighted by Gasteiger charge is -2.17. The van der Waals surface area contributed by atoms with Crippen LogP contribution < -0.4 is 0 Å². The van der Waals surface area contributed by atoms with Gasteiger partial charge in [0.15, 0.2) is 6.10 Å². The molecule has 0 radical (unpaired) electrons. The Labute approximate surface area is 91.1 Å². The summed E-state index contributed by atoms with van der Waals surface area (Å²) in [6, 6.07) is 6.75. The quantitative estimate of drug-likeness (QED) is 0.563. The minimum absolute atomic E-state index is 0.721. The van der Waals surface area contributed by atoms with Gasteiger partial charge in [0, 0.05) is 0 Å². The predicted molar refractivity (Wildman–Crippen MR) is 46.5 cm³/mol. The van der Waals surface area contributed by atoms with E-state index in [4.69, 9.17) is 30.5 Å². The van der Waals surface area contributed by atoms with Crippen molar-refractivity contribution in [3.05, 3.63) is 12.3 Å². The van der Waals surface area contributed by atoms with Crippen LogP contribution in [0.1, 0.15) is 0 Å². The highest BCUT2D eigenvalue weighted by Gasteiger charge is 2.67. The van der Waals surface area contributed by atoms with Crippen molar-refractivity contribution in [3.63, 3.8) is 0 Å². The van der Waals surface area contributed by atoms with Crippen LogP contribution in [0.5, 0.6) is 0 Å². The lowest BCUT2D eigenvalue weighted by atomic mass is 9.85. The Hall–Kier alpha value is -2.54. The van der Waals surface area contributed by atoms with E-state index in [-0.39, 0.29) is 0 Å². The Kier molecular flexibility index (Phi) is 1.86. The second kappa shape index (κ2) is 2.97. The summed E-state index contributed by atoms with van der Waals surface area (Å²) in [6.07, 6.45) is 1.82. The molecule has 16 heavy (non-hydrogen) atoms. The van der Waals surface area contributed by atoms with E-state index in [1.807, 2.05) is 0 Å². The van der Waals surface area contributed by atoms with Crippen molar-refractivity contribution in [3.8, 4) is 24.3 Å². The molecule has 0 saturated carbocycles. The maximum Gasteiger partial charge on any atom is 0.281 e. The van der Waals surface area contributed by atoms with E-state index in [0.29, 0.717) is 0 Å². The third-order valence-corrected chi connectivity index (χ3v) is 2.69. The topological polar surface area (TPSA) is 114 Å². The van der Waals surface area contributed by atoms with Crippen LogP contribution in [0.3, 0.4) is 0 Å². The van der Waals surface area contributed by atoms with Crippen molar-refractivity contribution < 1.29 is 9.47 Å². The third-order valence-electron chi connectivity index (χ3n) is 2.69. The third kappa shape index (κ3) is 0.894. The average molecular weight is 212 g/mol. The predicted octanol–water partition coefficient (Wildman–Crippen LogP) is 0.117. The summed E-state index contributed by atoms with van der Waals surface area (Å²) in [5.41, 5.74) is -3.73. The molecule has 2 rings (SSSR count). The van der Waals surface area contributed by atoms with E-state index in [2.05, 4.69) is 0 Å². The van der Waals surface area contributed by atoms with Crippen molar-refractivity contribution in [1.82, 2.24) is 0 Å². The van der Waals surface area contributed by atoms with Gasteiger partial charge < -0.3 is 9.47 Å². The van der Waals surface area contributed by atoms with Crippen LogP contribution in [0.2, 0.25) is 0 Å². The van der Waals surface area contributed by atoms with Gasteiger partial charge in [-0.25, -0.2) is 0 Å². The number of nitrogens with zero attached hydrogens (tertiary/aromatic N) is 4. The molecule has 2 aliphatic heterocycles. The maximum absolute atomic E-state index is 8.98. The Bertz CT molecular complexity index is 497. The summed E-state index contributed by atoms with van der Waals surface area (Å²) in [5, 5.41) is 35.9. The van der Waals surface area contributed by atoms with Crippen LogP contribution in [0.4, 0.5) is 0 Å². The van der Waals surface area contributed by atoms with Crippen LogP contribution in [0.25, 0.3) is 0 Å². The van der Waals surface area contributed by atoms with Crippen LogP contribution in [0.15, 0.2) is 12.3 Å². The van der Waals surface area contributed by atoms with E-state index >= 15 is 0 Å². The Morgan fingerprint density at radius 3 is 2.00 bits per heavy atom. The maximum atomic E-state index is 8.98. The first-order valence-electron chi connectivity index (χ1n) is 4.35. The molecule has 2 heterocycles. The van der Waals surface area contributed by atoms with E-state index in [9.17, 15) is 0 Å². The minimum atomic E-state index is -1.90. The second-order valence-electron chi connectivity index (χ2n) is 3.43. The van der Waals surface area contributed by atoms with Gasteiger partial charge in [0.2, 0.25) is 0 Å². The summed E-state index contributed by atoms with van der Waals surface area (Å²) in [5.74, 6) is -0.721. The molecule has 0 bridgehead atoms. The largest absolute Gasteiger partial charge is 0.492 e. The lowest BCUT2D eigenvalue weighted by molar-refractivity contribution is -0.0164. The summed E-state index contributed by atoms with van der Waals surface area (Å²) in [7, 11) is 0.